The molecule has 1 saturated heterocycles. The topological polar surface area (TPSA) is 78.6 Å². The second kappa shape index (κ2) is 10.3. The molecule has 10 heteroatoms. The molecule has 1 aromatic carbocycles. The van der Waals surface area contributed by atoms with E-state index < -0.39 is 0 Å². The number of carbonyl (C=O) groups excluding carboxylic acids is 1. The third kappa shape index (κ3) is 5.17. The van der Waals surface area contributed by atoms with Gasteiger partial charge in [0.15, 0.2) is 6.61 Å². The summed E-state index contributed by atoms with van der Waals surface area (Å²) in [6.07, 6.45) is 1.49. The van der Waals surface area contributed by atoms with Crippen molar-refractivity contribution in [1.29, 1.82) is 0 Å². The van der Waals surface area contributed by atoms with E-state index in [1.165, 1.54) is 4.68 Å². The number of benzene rings is 1. The van der Waals surface area contributed by atoms with Gasteiger partial charge in [-0.1, -0.05) is 23.2 Å². The molecular formula is C20H26Cl2N4O4. The van der Waals surface area contributed by atoms with E-state index in [0.29, 0.717) is 48.6 Å². The molecule has 0 unspecified atom stereocenters. The van der Waals surface area contributed by atoms with Gasteiger partial charge in [0.25, 0.3) is 5.91 Å². The molecule has 30 heavy (non-hydrogen) atoms. The predicted molar refractivity (Wildman–Crippen MR) is 115 cm³/mol. The van der Waals surface area contributed by atoms with Gasteiger partial charge in [0, 0.05) is 37.7 Å². The van der Waals surface area contributed by atoms with Gasteiger partial charge in [-0.3, -0.25) is 9.36 Å². The number of likely N-dealkylation sites (tertiary alicyclic amines) is 1. The van der Waals surface area contributed by atoms with Gasteiger partial charge < -0.3 is 14.4 Å². The van der Waals surface area contributed by atoms with Crippen molar-refractivity contribution in [3.8, 4) is 5.75 Å². The predicted octanol–water partition coefficient (Wildman–Crippen LogP) is 2.80. The number of rotatable bonds is 8. The summed E-state index contributed by atoms with van der Waals surface area (Å²) in [5.41, 5.74) is -0.115. The third-order valence-corrected chi connectivity index (χ3v) is 5.76. The maximum atomic E-state index is 12.5. The van der Waals surface area contributed by atoms with Crippen molar-refractivity contribution >= 4 is 29.1 Å². The fourth-order valence-electron chi connectivity index (χ4n) is 3.59. The molecule has 2 aromatic rings. The largest absolute Gasteiger partial charge is 0.482 e. The summed E-state index contributed by atoms with van der Waals surface area (Å²) < 4.78 is 13.8. The average Bonchev–Trinajstić information content (AvgIpc) is 3.06. The fraction of sp³-hybridized carbons (Fsp3) is 0.550. The molecule has 1 amide bonds. The van der Waals surface area contributed by atoms with Gasteiger partial charge in [0.05, 0.1) is 18.2 Å². The zero-order valence-corrected chi connectivity index (χ0v) is 18.7. The van der Waals surface area contributed by atoms with Gasteiger partial charge in [-0.15, -0.1) is 0 Å². The van der Waals surface area contributed by atoms with Gasteiger partial charge in [-0.2, -0.15) is 5.10 Å². The van der Waals surface area contributed by atoms with Crippen molar-refractivity contribution in [3.63, 3.8) is 0 Å². The zero-order chi connectivity index (χ0) is 21.7. The highest BCUT2D eigenvalue weighted by Gasteiger charge is 2.28. The number of piperidine rings is 1. The highest BCUT2D eigenvalue weighted by Crippen LogP contribution is 2.28. The Balaban J connectivity index is 1.58. The minimum Gasteiger partial charge on any atom is -0.482 e. The lowest BCUT2D eigenvalue weighted by molar-refractivity contribution is -0.134. The average molecular weight is 457 g/mol. The number of methoxy groups -OCH3 is 1. The summed E-state index contributed by atoms with van der Waals surface area (Å²) in [5, 5.41) is 5.42. The van der Waals surface area contributed by atoms with E-state index in [1.54, 1.807) is 34.8 Å². The van der Waals surface area contributed by atoms with E-state index in [0.717, 1.165) is 18.7 Å². The molecule has 0 saturated carbocycles. The van der Waals surface area contributed by atoms with Crippen LogP contribution >= 0.6 is 23.2 Å². The summed E-state index contributed by atoms with van der Waals surface area (Å²) in [4.78, 5) is 26.8. The third-order valence-electron chi connectivity index (χ3n) is 5.23. The van der Waals surface area contributed by atoms with Crippen LogP contribution in [0.25, 0.3) is 0 Å². The molecule has 1 aliphatic rings. The maximum absolute atomic E-state index is 12.5. The molecule has 1 aromatic heterocycles. The van der Waals surface area contributed by atoms with Crippen LogP contribution in [-0.4, -0.2) is 58.6 Å². The molecule has 0 N–H and O–H groups in total. The van der Waals surface area contributed by atoms with Crippen LogP contribution in [0.4, 0.5) is 0 Å². The zero-order valence-electron chi connectivity index (χ0n) is 17.1. The minimum atomic E-state index is -0.115. The van der Waals surface area contributed by atoms with Crippen LogP contribution in [0.1, 0.15) is 31.5 Å². The number of halogens is 2. The van der Waals surface area contributed by atoms with Crippen LogP contribution in [0, 0.1) is 0 Å². The normalized spacial score (nSPS) is 14.9. The standard InChI is InChI=1S/C20H26Cl2N4O4/c1-3-25-19(23-26(20(25)28)10-11-29-2)14-6-8-24(9-7-14)18(27)13-30-17-5-4-15(21)12-16(17)22/h4-5,12,14H,3,6-11,13H2,1-2H3. The van der Waals surface area contributed by atoms with Gasteiger partial charge in [0.1, 0.15) is 11.6 Å². The number of nitrogens with zero attached hydrogens (tertiary/aromatic N) is 4. The first kappa shape index (κ1) is 22.7. The van der Waals surface area contributed by atoms with Crippen molar-refractivity contribution < 1.29 is 14.3 Å². The van der Waals surface area contributed by atoms with Crippen molar-refractivity contribution in [2.75, 3.05) is 33.4 Å². The summed E-state index contributed by atoms with van der Waals surface area (Å²) in [6.45, 7) is 4.45. The molecule has 8 nitrogen and oxygen atoms in total. The SMILES string of the molecule is CCn1c(C2CCN(C(=O)COc3ccc(Cl)cc3Cl)CC2)nn(CCOC)c1=O. The molecule has 0 aliphatic carbocycles. The molecule has 164 valence electrons. The van der Waals surface area contributed by atoms with E-state index in [4.69, 9.17) is 32.7 Å². The molecule has 0 radical (unpaired) electrons. The molecule has 3 rings (SSSR count). The first-order valence-corrected chi connectivity index (χ1v) is 10.7. The van der Waals surface area contributed by atoms with Crippen LogP contribution in [0.15, 0.2) is 23.0 Å². The van der Waals surface area contributed by atoms with E-state index in [2.05, 4.69) is 5.10 Å². The molecule has 0 atom stereocenters. The second-order valence-corrected chi connectivity index (χ2v) is 7.96. The second-order valence-electron chi connectivity index (χ2n) is 7.12. The Morgan fingerprint density at radius 2 is 2.00 bits per heavy atom. The summed E-state index contributed by atoms with van der Waals surface area (Å²) in [7, 11) is 1.60. The van der Waals surface area contributed by atoms with E-state index in [-0.39, 0.29) is 24.1 Å². The van der Waals surface area contributed by atoms with Crippen LogP contribution in [0.3, 0.4) is 0 Å². The highest BCUT2D eigenvalue weighted by atomic mass is 35.5. The summed E-state index contributed by atoms with van der Waals surface area (Å²) >= 11 is 12.0. The van der Waals surface area contributed by atoms with Crippen LogP contribution in [0.5, 0.6) is 5.75 Å². The Hall–Kier alpha value is -2.03. The van der Waals surface area contributed by atoms with Crippen molar-refractivity contribution in [2.24, 2.45) is 0 Å². The first-order chi connectivity index (χ1) is 14.4. The van der Waals surface area contributed by atoms with E-state index in [1.807, 2.05) is 6.92 Å². The summed E-state index contributed by atoms with van der Waals surface area (Å²) in [6, 6.07) is 4.89. The number of aromatic nitrogens is 3. The molecule has 0 bridgehead atoms. The summed E-state index contributed by atoms with van der Waals surface area (Å²) in [5.74, 6) is 1.25. The lowest BCUT2D eigenvalue weighted by Gasteiger charge is -2.31. The number of hydrogen-bond donors (Lipinski definition) is 0. The van der Waals surface area contributed by atoms with Gasteiger partial charge in [0.2, 0.25) is 0 Å². The fourth-order valence-corrected chi connectivity index (χ4v) is 4.05. The first-order valence-electron chi connectivity index (χ1n) is 9.96. The Morgan fingerprint density at radius 3 is 2.63 bits per heavy atom. The van der Waals surface area contributed by atoms with Crippen LogP contribution < -0.4 is 10.4 Å². The monoisotopic (exact) mass is 456 g/mol. The number of hydrogen-bond acceptors (Lipinski definition) is 5. The van der Waals surface area contributed by atoms with Gasteiger partial charge >= 0.3 is 5.69 Å². The number of ether oxygens (including phenoxy) is 2. The van der Waals surface area contributed by atoms with Gasteiger partial charge in [-0.25, -0.2) is 9.48 Å². The lowest BCUT2D eigenvalue weighted by Crippen LogP contribution is -2.41. The molecule has 1 fully saturated rings. The van der Waals surface area contributed by atoms with E-state index >= 15 is 0 Å². The van der Waals surface area contributed by atoms with E-state index in [9.17, 15) is 9.59 Å². The van der Waals surface area contributed by atoms with Crippen molar-refractivity contribution in [3.05, 3.63) is 44.6 Å². The Bertz CT molecular complexity index is 935. The van der Waals surface area contributed by atoms with Crippen molar-refractivity contribution in [2.45, 2.75) is 38.8 Å². The minimum absolute atomic E-state index is 0.0860. The maximum Gasteiger partial charge on any atom is 0.345 e. The number of carbonyl (C=O) groups is 1. The van der Waals surface area contributed by atoms with Gasteiger partial charge in [-0.05, 0) is 38.0 Å². The van der Waals surface area contributed by atoms with Crippen molar-refractivity contribution in [1.82, 2.24) is 19.2 Å². The Labute approximate surface area is 185 Å². The molecule has 0 spiro atoms. The Morgan fingerprint density at radius 1 is 1.27 bits per heavy atom. The molecule has 1 aliphatic heterocycles. The molecule has 2 heterocycles. The van der Waals surface area contributed by atoms with Crippen LogP contribution in [-0.2, 0) is 22.6 Å². The lowest BCUT2D eigenvalue weighted by atomic mass is 9.96. The smallest absolute Gasteiger partial charge is 0.345 e. The highest BCUT2D eigenvalue weighted by molar-refractivity contribution is 6.35. The Kier molecular flexibility index (Phi) is 7.80. The quantitative estimate of drug-likeness (QED) is 0.609. The van der Waals surface area contributed by atoms with Crippen LogP contribution in [0.2, 0.25) is 10.0 Å². The molecular weight excluding hydrogens is 431 g/mol. The number of amides is 1.